The standard InChI is InChI=1S/C19H23ClN4O2/c20-16-4-6-17(7-5-16)23-12-10-22(11-13-23)9-1-2-15-3-8-18(21)19(14-15)24(25)26/h3-8,14H,1-2,9-13,21H2. The number of hydrogen-bond acceptors (Lipinski definition) is 5. The van der Waals surface area contributed by atoms with Gasteiger partial charge in [-0.3, -0.25) is 15.0 Å². The van der Waals surface area contributed by atoms with E-state index in [-0.39, 0.29) is 11.4 Å². The molecule has 0 aromatic heterocycles. The fraction of sp³-hybridized carbons (Fsp3) is 0.368. The van der Waals surface area contributed by atoms with E-state index < -0.39 is 4.92 Å². The second kappa shape index (κ2) is 8.38. The number of piperazine rings is 1. The van der Waals surface area contributed by atoms with E-state index >= 15 is 0 Å². The molecule has 1 aliphatic heterocycles. The first-order chi connectivity index (χ1) is 12.5. The zero-order chi connectivity index (χ0) is 18.5. The van der Waals surface area contributed by atoms with Gasteiger partial charge in [0.25, 0.3) is 5.69 Å². The number of nitro groups is 1. The van der Waals surface area contributed by atoms with Crippen molar-refractivity contribution in [1.82, 2.24) is 4.90 Å². The summed E-state index contributed by atoms with van der Waals surface area (Å²) in [4.78, 5) is 15.4. The lowest BCUT2D eigenvalue weighted by atomic mass is 10.1. The third kappa shape index (κ3) is 4.65. The first-order valence-corrected chi connectivity index (χ1v) is 9.16. The van der Waals surface area contributed by atoms with Crippen molar-refractivity contribution in [2.75, 3.05) is 43.4 Å². The molecule has 138 valence electrons. The number of rotatable bonds is 6. The second-order valence-corrected chi connectivity index (χ2v) is 7.00. The number of nitro benzene ring substituents is 1. The smallest absolute Gasteiger partial charge is 0.292 e. The highest BCUT2D eigenvalue weighted by molar-refractivity contribution is 6.30. The van der Waals surface area contributed by atoms with E-state index in [4.69, 9.17) is 17.3 Å². The van der Waals surface area contributed by atoms with Gasteiger partial charge >= 0.3 is 0 Å². The van der Waals surface area contributed by atoms with E-state index in [9.17, 15) is 10.1 Å². The molecule has 0 spiro atoms. The van der Waals surface area contributed by atoms with Gasteiger partial charge in [0, 0.05) is 43.0 Å². The van der Waals surface area contributed by atoms with Crippen LogP contribution in [0.25, 0.3) is 0 Å². The summed E-state index contributed by atoms with van der Waals surface area (Å²) in [6.07, 6.45) is 1.79. The molecule has 2 aromatic carbocycles. The lowest BCUT2D eigenvalue weighted by Crippen LogP contribution is -2.46. The van der Waals surface area contributed by atoms with Crippen LogP contribution >= 0.6 is 11.6 Å². The summed E-state index contributed by atoms with van der Waals surface area (Å²) in [6.45, 7) is 5.02. The maximum atomic E-state index is 11.0. The summed E-state index contributed by atoms with van der Waals surface area (Å²) in [5.74, 6) is 0. The summed E-state index contributed by atoms with van der Waals surface area (Å²) >= 11 is 5.95. The molecule has 0 aliphatic carbocycles. The van der Waals surface area contributed by atoms with Gasteiger partial charge in [-0.1, -0.05) is 17.7 Å². The Bertz CT molecular complexity index is 759. The van der Waals surface area contributed by atoms with Crippen molar-refractivity contribution in [2.24, 2.45) is 0 Å². The Balaban J connectivity index is 1.45. The Labute approximate surface area is 158 Å². The Morgan fingerprint density at radius 3 is 2.42 bits per heavy atom. The van der Waals surface area contributed by atoms with E-state index in [1.807, 2.05) is 18.2 Å². The summed E-state index contributed by atoms with van der Waals surface area (Å²) in [5.41, 5.74) is 8.04. The highest BCUT2D eigenvalue weighted by Crippen LogP contribution is 2.23. The molecule has 1 aliphatic rings. The molecule has 0 unspecified atom stereocenters. The number of aryl methyl sites for hydroxylation is 1. The molecule has 0 radical (unpaired) electrons. The first-order valence-electron chi connectivity index (χ1n) is 8.78. The molecular weight excluding hydrogens is 352 g/mol. The number of hydrogen-bond donors (Lipinski definition) is 1. The highest BCUT2D eigenvalue weighted by atomic mass is 35.5. The maximum absolute atomic E-state index is 11.0. The van der Waals surface area contributed by atoms with Crippen LogP contribution in [0, 0.1) is 10.1 Å². The number of nitrogen functional groups attached to an aromatic ring is 1. The molecule has 7 heteroatoms. The van der Waals surface area contributed by atoms with Gasteiger partial charge in [0.1, 0.15) is 5.69 Å². The summed E-state index contributed by atoms with van der Waals surface area (Å²) < 4.78 is 0. The third-order valence-corrected chi connectivity index (χ3v) is 5.05. The molecule has 0 bridgehead atoms. The first kappa shape index (κ1) is 18.5. The Hall–Kier alpha value is -2.31. The molecule has 2 aromatic rings. The number of halogens is 1. The fourth-order valence-corrected chi connectivity index (χ4v) is 3.42. The van der Waals surface area contributed by atoms with Crippen molar-refractivity contribution in [3.63, 3.8) is 0 Å². The molecule has 2 N–H and O–H groups in total. The van der Waals surface area contributed by atoms with Crippen LogP contribution in [-0.2, 0) is 6.42 Å². The van der Waals surface area contributed by atoms with E-state index in [0.29, 0.717) is 0 Å². The monoisotopic (exact) mass is 374 g/mol. The van der Waals surface area contributed by atoms with Crippen LogP contribution in [0.5, 0.6) is 0 Å². The second-order valence-electron chi connectivity index (χ2n) is 6.56. The van der Waals surface area contributed by atoms with Gasteiger partial charge in [-0.05, 0) is 55.3 Å². The molecule has 1 saturated heterocycles. The predicted molar refractivity (Wildman–Crippen MR) is 106 cm³/mol. The molecular formula is C19H23ClN4O2. The lowest BCUT2D eigenvalue weighted by Gasteiger charge is -2.36. The van der Waals surface area contributed by atoms with Gasteiger partial charge in [0.2, 0.25) is 0 Å². The van der Waals surface area contributed by atoms with Gasteiger partial charge in [-0.25, -0.2) is 0 Å². The normalized spacial score (nSPS) is 15.2. The van der Waals surface area contributed by atoms with Crippen molar-refractivity contribution in [3.05, 3.63) is 63.2 Å². The van der Waals surface area contributed by atoms with Crippen molar-refractivity contribution in [1.29, 1.82) is 0 Å². The van der Waals surface area contributed by atoms with Gasteiger partial charge in [0.15, 0.2) is 0 Å². The highest BCUT2D eigenvalue weighted by Gasteiger charge is 2.17. The van der Waals surface area contributed by atoms with E-state index in [2.05, 4.69) is 21.9 Å². The van der Waals surface area contributed by atoms with Crippen LogP contribution in [0.1, 0.15) is 12.0 Å². The van der Waals surface area contributed by atoms with Crippen LogP contribution < -0.4 is 10.6 Å². The van der Waals surface area contributed by atoms with Crippen LogP contribution in [0.15, 0.2) is 42.5 Å². The Kier molecular flexibility index (Phi) is 5.96. The molecule has 0 saturated carbocycles. The van der Waals surface area contributed by atoms with Gasteiger partial charge < -0.3 is 10.6 Å². The average molecular weight is 375 g/mol. The molecule has 0 atom stereocenters. The molecule has 6 nitrogen and oxygen atoms in total. The van der Waals surface area contributed by atoms with Crippen molar-refractivity contribution in [2.45, 2.75) is 12.8 Å². The van der Waals surface area contributed by atoms with Crippen LogP contribution in [-0.4, -0.2) is 42.5 Å². The maximum Gasteiger partial charge on any atom is 0.292 e. The fourth-order valence-electron chi connectivity index (χ4n) is 3.29. The minimum Gasteiger partial charge on any atom is -0.393 e. The molecule has 1 fully saturated rings. The summed E-state index contributed by atoms with van der Waals surface area (Å²) in [6, 6.07) is 13.1. The predicted octanol–water partition coefficient (Wildman–Crippen LogP) is 3.59. The third-order valence-electron chi connectivity index (χ3n) is 4.80. The minimum atomic E-state index is -0.422. The van der Waals surface area contributed by atoms with Crippen LogP contribution in [0.3, 0.4) is 0 Å². The van der Waals surface area contributed by atoms with Crippen LogP contribution in [0.2, 0.25) is 5.02 Å². The van der Waals surface area contributed by atoms with Gasteiger partial charge in [-0.15, -0.1) is 0 Å². The largest absolute Gasteiger partial charge is 0.393 e. The number of nitrogens with zero attached hydrogens (tertiary/aromatic N) is 3. The Morgan fingerprint density at radius 1 is 1.08 bits per heavy atom. The summed E-state index contributed by atoms with van der Waals surface area (Å²) in [5, 5.41) is 11.7. The number of benzene rings is 2. The molecule has 0 amide bonds. The van der Waals surface area contributed by atoms with Crippen LogP contribution in [0.4, 0.5) is 17.1 Å². The SMILES string of the molecule is Nc1ccc(CCCN2CCN(c3ccc(Cl)cc3)CC2)cc1[N+](=O)[O-]. The van der Waals surface area contributed by atoms with Gasteiger partial charge in [0.05, 0.1) is 4.92 Å². The van der Waals surface area contributed by atoms with E-state index in [1.165, 1.54) is 5.69 Å². The van der Waals surface area contributed by atoms with Crippen molar-refractivity contribution < 1.29 is 4.92 Å². The molecule has 3 rings (SSSR count). The average Bonchev–Trinajstić information content (AvgIpc) is 2.64. The number of anilines is 2. The van der Waals surface area contributed by atoms with E-state index in [0.717, 1.165) is 56.2 Å². The summed E-state index contributed by atoms with van der Waals surface area (Å²) in [7, 11) is 0. The van der Waals surface area contributed by atoms with Crippen molar-refractivity contribution in [3.8, 4) is 0 Å². The zero-order valence-corrected chi connectivity index (χ0v) is 15.4. The number of nitrogens with two attached hydrogens (primary N) is 1. The van der Waals surface area contributed by atoms with E-state index in [1.54, 1.807) is 12.1 Å². The molecule has 1 heterocycles. The zero-order valence-electron chi connectivity index (χ0n) is 14.6. The molecule has 26 heavy (non-hydrogen) atoms. The Morgan fingerprint density at radius 2 is 1.77 bits per heavy atom. The minimum absolute atomic E-state index is 0.000853. The quantitative estimate of drug-likeness (QED) is 0.475. The topological polar surface area (TPSA) is 75.6 Å². The van der Waals surface area contributed by atoms with Gasteiger partial charge in [-0.2, -0.15) is 0 Å². The lowest BCUT2D eigenvalue weighted by molar-refractivity contribution is -0.384. The van der Waals surface area contributed by atoms with Crippen molar-refractivity contribution >= 4 is 28.7 Å².